The highest BCUT2D eigenvalue weighted by molar-refractivity contribution is 7.99. The number of hydrogen-bond acceptors (Lipinski definition) is 6. The molecule has 2 heterocycles. The first-order valence-electron chi connectivity index (χ1n) is 10.3. The monoisotopic (exact) mass is 469 g/mol. The van der Waals surface area contributed by atoms with E-state index in [4.69, 9.17) is 16.3 Å². The molecule has 0 unspecified atom stereocenters. The number of nitrogens with one attached hydrogen (secondary N) is 1. The fourth-order valence-corrected chi connectivity index (χ4v) is 5.07. The summed E-state index contributed by atoms with van der Waals surface area (Å²) < 4.78 is 5.84. The van der Waals surface area contributed by atoms with Gasteiger partial charge in [-0.3, -0.25) is 15.0 Å². The van der Waals surface area contributed by atoms with Gasteiger partial charge < -0.3 is 9.64 Å². The zero-order valence-corrected chi connectivity index (χ0v) is 19.0. The number of carbonyl (C=O) groups excluding carboxylic acids is 1. The van der Waals surface area contributed by atoms with Crippen molar-refractivity contribution in [3.8, 4) is 11.5 Å². The molecule has 0 aliphatic carbocycles. The van der Waals surface area contributed by atoms with Crippen LogP contribution in [0, 0.1) is 5.41 Å². The summed E-state index contributed by atoms with van der Waals surface area (Å²) in [5.74, 6) is 1.70. The van der Waals surface area contributed by atoms with Gasteiger partial charge in [-0.25, -0.2) is 5.48 Å². The lowest BCUT2D eigenvalue weighted by molar-refractivity contribution is -0.139. The molecule has 1 aromatic heterocycles. The highest BCUT2D eigenvalue weighted by atomic mass is 35.5. The van der Waals surface area contributed by atoms with Crippen LogP contribution < -0.4 is 15.1 Å². The van der Waals surface area contributed by atoms with Gasteiger partial charge >= 0.3 is 0 Å². The molecule has 1 fully saturated rings. The van der Waals surface area contributed by atoms with Crippen molar-refractivity contribution in [2.75, 3.05) is 23.7 Å². The number of aromatic nitrogens is 1. The van der Waals surface area contributed by atoms with E-state index in [0.29, 0.717) is 29.4 Å². The van der Waals surface area contributed by atoms with E-state index in [1.165, 1.54) is 0 Å². The summed E-state index contributed by atoms with van der Waals surface area (Å²) in [6.45, 7) is 1.46. The zero-order chi connectivity index (χ0) is 22.4. The Morgan fingerprint density at radius 3 is 2.34 bits per heavy atom. The van der Waals surface area contributed by atoms with Crippen molar-refractivity contribution in [1.82, 2.24) is 10.5 Å². The Hall–Kier alpha value is -2.74. The van der Waals surface area contributed by atoms with Crippen molar-refractivity contribution in [2.45, 2.75) is 17.7 Å². The van der Waals surface area contributed by atoms with E-state index in [0.717, 1.165) is 29.4 Å². The second kappa shape index (κ2) is 10.3. The molecule has 0 atom stereocenters. The van der Waals surface area contributed by atoms with Gasteiger partial charge in [0.2, 0.25) is 0 Å². The molecule has 2 aromatic carbocycles. The quantitative estimate of drug-likeness (QED) is 0.274. The first-order chi connectivity index (χ1) is 15.6. The Morgan fingerprint density at radius 1 is 1.09 bits per heavy atom. The molecule has 4 rings (SSSR count). The predicted octanol–water partition coefficient (Wildman–Crippen LogP) is 5.41. The van der Waals surface area contributed by atoms with Gasteiger partial charge in [0.25, 0.3) is 5.91 Å². The number of thioether (sulfide) groups is 1. The predicted molar refractivity (Wildman–Crippen MR) is 127 cm³/mol. The third-order valence-corrected chi connectivity index (χ3v) is 7.26. The summed E-state index contributed by atoms with van der Waals surface area (Å²) in [6, 6.07) is 18.9. The van der Waals surface area contributed by atoms with Gasteiger partial charge in [0.05, 0.1) is 17.3 Å². The Morgan fingerprint density at radius 2 is 1.75 bits per heavy atom. The number of anilines is 1. The number of nitrogens with zero attached hydrogens (tertiary/aromatic N) is 2. The van der Waals surface area contributed by atoms with Gasteiger partial charge in [0.1, 0.15) is 11.5 Å². The van der Waals surface area contributed by atoms with Crippen LogP contribution in [-0.4, -0.2) is 34.9 Å². The molecule has 32 heavy (non-hydrogen) atoms. The molecule has 3 aromatic rings. The van der Waals surface area contributed by atoms with Crippen LogP contribution in [0.15, 0.2) is 78.0 Å². The number of hydrogen-bond donors (Lipinski definition) is 2. The van der Waals surface area contributed by atoms with Crippen molar-refractivity contribution in [1.29, 1.82) is 0 Å². The van der Waals surface area contributed by atoms with Gasteiger partial charge in [-0.15, -0.1) is 11.8 Å². The first-order valence-corrected chi connectivity index (χ1v) is 11.7. The molecule has 0 spiro atoms. The van der Waals surface area contributed by atoms with Crippen LogP contribution in [-0.2, 0) is 4.79 Å². The SMILES string of the molecule is O=C(NO)C1(CSc2ccc(Oc3ccc(Cl)cc3)cc2)CCN(c2cccnc2)CC1. The molecule has 8 heteroatoms. The summed E-state index contributed by atoms with van der Waals surface area (Å²) in [5, 5.41) is 10.0. The summed E-state index contributed by atoms with van der Waals surface area (Å²) in [7, 11) is 0. The van der Waals surface area contributed by atoms with Gasteiger partial charge in [-0.05, 0) is 73.5 Å². The average molecular weight is 470 g/mol. The van der Waals surface area contributed by atoms with Crippen LogP contribution in [0.25, 0.3) is 0 Å². The van der Waals surface area contributed by atoms with Gasteiger partial charge in [0.15, 0.2) is 0 Å². The average Bonchev–Trinajstić information content (AvgIpc) is 2.85. The zero-order valence-electron chi connectivity index (χ0n) is 17.4. The molecule has 0 radical (unpaired) electrons. The van der Waals surface area contributed by atoms with E-state index in [1.54, 1.807) is 30.1 Å². The van der Waals surface area contributed by atoms with Crippen molar-refractivity contribution in [3.05, 3.63) is 78.1 Å². The second-order valence-corrected chi connectivity index (χ2v) is 9.22. The van der Waals surface area contributed by atoms with Crippen molar-refractivity contribution in [3.63, 3.8) is 0 Å². The number of ether oxygens (including phenoxy) is 1. The number of hydroxylamine groups is 1. The number of amides is 1. The number of pyridine rings is 1. The Balaban J connectivity index is 1.37. The molecule has 0 bridgehead atoms. The fraction of sp³-hybridized carbons (Fsp3) is 0.250. The lowest BCUT2D eigenvalue weighted by Crippen LogP contribution is -2.49. The summed E-state index contributed by atoms with van der Waals surface area (Å²) >= 11 is 7.52. The van der Waals surface area contributed by atoms with E-state index >= 15 is 0 Å². The summed E-state index contributed by atoms with van der Waals surface area (Å²) in [4.78, 5) is 20.0. The van der Waals surface area contributed by atoms with Crippen LogP contribution >= 0.6 is 23.4 Å². The maximum atomic E-state index is 12.6. The van der Waals surface area contributed by atoms with E-state index in [1.807, 2.05) is 60.2 Å². The van der Waals surface area contributed by atoms with Crippen LogP contribution in [0.2, 0.25) is 5.02 Å². The normalized spacial score (nSPS) is 15.2. The van der Waals surface area contributed by atoms with Crippen LogP contribution in [0.3, 0.4) is 0 Å². The molecular formula is C24H24ClN3O3S. The molecule has 1 aliphatic rings. The maximum absolute atomic E-state index is 12.6. The molecule has 1 saturated heterocycles. The van der Waals surface area contributed by atoms with Crippen molar-refractivity contribution in [2.24, 2.45) is 5.41 Å². The number of rotatable bonds is 7. The van der Waals surface area contributed by atoms with Crippen LogP contribution in [0.1, 0.15) is 12.8 Å². The lowest BCUT2D eigenvalue weighted by Gasteiger charge is -2.40. The molecular weight excluding hydrogens is 446 g/mol. The van der Waals surface area contributed by atoms with E-state index in [9.17, 15) is 10.0 Å². The molecule has 1 amide bonds. The van der Waals surface area contributed by atoms with E-state index in [2.05, 4.69) is 9.88 Å². The van der Waals surface area contributed by atoms with Crippen LogP contribution in [0.4, 0.5) is 5.69 Å². The number of halogens is 1. The maximum Gasteiger partial charge on any atom is 0.250 e. The second-order valence-electron chi connectivity index (χ2n) is 7.74. The van der Waals surface area contributed by atoms with Crippen molar-refractivity contribution < 1.29 is 14.7 Å². The third-order valence-electron chi connectivity index (χ3n) is 5.70. The molecule has 6 nitrogen and oxygen atoms in total. The number of benzene rings is 2. The Labute approximate surface area is 196 Å². The molecule has 166 valence electrons. The first kappa shape index (κ1) is 22.5. The van der Waals surface area contributed by atoms with Gasteiger partial charge in [-0.1, -0.05) is 11.6 Å². The Kier molecular flexibility index (Phi) is 7.19. The molecule has 2 N–H and O–H groups in total. The molecule has 1 aliphatic heterocycles. The highest BCUT2D eigenvalue weighted by Gasteiger charge is 2.41. The fourth-order valence-electron chi connectivity index (χ4n) is 3.75. The summed E-state index contributed by atoms with van der Waals surface area (Å²) in [5.41, 5.74) is 2.32. The standard InChI is InChI=1S/C24H24ClN3O3S/c25-18-3-5-20(6-4-18)31-21-7-9-22(10-8-21)32-17-24(23(29)27-30)11-14-28(15-12-24)19-2-1-13-26-16-19/h1-10,13,16,30H,11-12,14-15,17H2,(H,27,29). The smallest absolute Gasteiger partial charge is 0.250 e. The minimum atomic E-state index is -0.628. The van der Waals surface area contributed by atoms with Crippen LogP contribution in [0.5, 0.6) is 11.5 Å². The highest BCUT2D eigenvalue weighted by Crippen LogP contribution is 2.39. The van der Waals surface area contributed by atoms with Gasteiger partial charge in [0, 0.05) is 35.0 Å². The Bertz CT molecular complexity index is 1020. The number of carbonyl (C=O) groups is 1. The topological polar surface area (TPSA) is 74.7 Å². The van der Waals surface area contributed by atoms with E-state index < -0.39 is 5.41 Å². The molecule has 0 saturated carbocycles. The van der Waals surface area contributed by atoms with Crippen molar-refractivity contribution >= 4 is 35.0 Å². The minimum absolute atomic E-state index is 0.321. The van der Waals surface area contributed by atoms with E-state index in [-0.39, 0.29) is 5.91 Å². The van der Waals surface area contributed by atoms with Gasteiger partial charge in [-0.2, -0.15) is 0 Å². The summed E-state index contributed by atoms with van der Waals surface area (Å²) in [6.07, 6.45) is 4.89. The third kappa shape index (κ3) is 5.35. The number of piperidine rings is 1. The largest absolute Gasteiger partial charge is 0.457 e. The minimum Gasteiger partial charge on any atom is -0.457 e. The lowest BCUT2D eigenvalue weighted by atomic mass is 9.79.